The Labute approximate surface area is 396 Å². The van der Waals surface area contributed by atoms with Gasteiger partial charge in [-0.1, -0.05) is 176 Å². The van der Waals surface area contributed by atoms with Crippen LogP contribution in [0.25, 0.3) is 133 Å². The van der Waals surface area contributed by atoms with E-state index >= 15 is 0 Å². The van der Waals surface area contributed by atoms with E-state index < -0.39 is 0 Å². The Balaban J connectivity index is 0.927. The molecule has 0 unspecified atom stereocenters. The average Bonchev–Trinajstić information content (AvgIpc) is 4.10. The lowest BCUT2D eigenvalue weighted by molar-refractivity contribution is 0.673. The van der Waals surface area contributed by atoms with Gasteiger partial charge in [-0.2, -0.15) is 0 Å². The lowest BCUT2D eigenvalue weighted by Crippen LogP contribution is -2.00. The molecule has 14 aromatic rings. The van der Waals surface area contributed by atoms with Gasteiger partial charge in [0.05, 0.1) is 22.1 Å². The van der Waals surface area contributed by atoms with Crippen LogP contribution in [0.5, 0.6) is 0 Å². The van der Waals surface area contributed by atoms with Gasteiger partial charge in [-0.15, -0.1) is 0 Å². The fourth-order valence-electron chi connectivity index (χ4n) is 10.3. The maximum Gasteiger partial charge on any atom is 0.164 e. The highest BCUT2D eigenvalue weighted by atomic mass is 16.3. The molecular weight excluding hydrogens is 843 g/mol. The molecule has 0 saturated carbocycles. The summed E-state index contributed by atoms with van der Waals surface area (Å²) in [6.45, 7) is 0. The Bertz CT molecular complexity index is 4250. The summed E-state index contributed by atoms with van der Waals surface area (Å²) in [6, 6.07) is 83.2. The zero-order valence-electron chi connectivity index (χ0n) is 37.2. The molecule has 0 bridgehead atoms. The van der Waals surface area contributed by atoms with E-state index in [0.717, 1.165) is 99.4 Å². The van der Waals surface area contributed by atoms with Crippen molar-refractivity contribution in [1.29, 1.82) is 0 Å². The third-order valence-electron chi connectivity index (χ3n) is 13.6. The summed E-state index contributed by atoms with van der Waals surface area (Å²) in [6.07, 6.45) is 0. The second-order valence-electron chi connectivity index (χ2n) is 17.6. The molecule has 14 rings (SSSR count). The maximum absolute atomic E-state index is 7.32. The van der Waals surface area contributed by atoms with Gasteiger partial charge in [0.15, 0.2) is 28.6 Å². The molecule has 4 heterocycles. The first-order chi connectivity index (χ1) is 34.2. The highest BCUT2D eigenvalue weighted by Gasteiger charge is 2.23. The summed E-state index contributed by atoms with van der Waals surface area (Å²) in [5.74, 6) is 1.85. The van der Waals surface area contributed by atoms with E-state index in [4.69, 9.17) is 19.4 Å². The van der Waals surface area contributed by atoms with Crippen LogP contribution < -0.4 is 0 Å². The van der Waals surface area contributed by atoms with E-state index in [1.807, 2.05) is 36.4 Å². The molecule has 0 N–H and O–H groups in total. The third kappa shape index (κ3) is 6.30. The van der Waals surface area contributed by atoms with Crippen molar-refractivity contribution in [3.05, 3.63) is 237 Å². The molecule has 0 aliphatic carbocycles. The van der Waals surface area contributed by atoms with Crippen LogP contribution in [0.4, 0.5) is 0 Å². The molecule has 0 atom stereocenters. The molecule has 0 spiro atoms. The largest absolute Gasteiger partial charge is 0.452 e. The molecule has 0 radical (unpaired) electrons. The first kappa shape index (κ1) is 38.8. The van der Waals surface area contributed by atoms with Gasteiger partial charge in [0.1, 0.15) is 0 Å². The number of para-hydroxylation sites is 2. The number of furan rings is 1. The van der Waals surface area contributed by atoms with E-state index in [-0.39, 0.29) is 0 Å². The first-order valence-corrected chi connectivity index (χ1v) is 23.3. The van der Waals surface area contributed by atoms with Crippen LogP contribution in [0.2, 0.25) is 0 Å². The van der Waals surface area contributed by atoms with Crippen molar-refractivity contribution < 1.29 is 4.42 Å². The lowest BCUT2D eigenvalue weighted by atomic mass is 10.0. The van der Waals surface area contributed by atoms with Crippen molar-refractivity contribution in [2.75, 3.05) is 0 Å². The molecule has 69 heavy (non-hydrogen) atoms. The number of fused-ring (bicyclic) bond motifs is 11. The summed E-state index contributed by atoms with van der Waals surface area (Å²) in [4.78, 5) is 15.2. The van der Waals surface area contributed by atoms with Gasteiger partial charge >= 0.3 is 0 Å². The Kier molecular flexibility index (Phi) is 8.79. The van der Waals surface area contributed by atoms with E-state index in [2.05, 4.69) is 209 Å². The van der Waals surface area contributed by atoms with Gasteiger partial charge in [0.25, 0.3) is 0 Å². The SMILES string of the molecule is c1ccc(-c2ccc(-c3nc(-c4ccccc4)nc(-c4ccc(-n5c6ccccc6c6ccc7c8ccc9c%10ccccc%10n(-c%10ccc(-c%11ccccc%11)cc%10)c9c8oc7c65)cc4)n3)cc2)cc1. The fourth-order valence-corrected chi connectivity index (χ4v) is 10.3. The van der Waals surface area contributed by atoms with Gasteiger partial charge in [-0.05, 0) is 82.9 Å². The maximum atomic E-state index is 7.32. The number of nitrogens with zero attached hydrogens (tertiary/aromatic N) is 5. The third-order valence-corrected chi connectivity index (χ3v) is 13.6. The van der Waals surface area contributed by atoms with Gasteiger partial charge in [-0.25, -0.2) is 15.0 Å². The monoisotopic (exact) mass is 881 g/mol. The molecule has 322 valence electrons. The molecule has 6 heteroatoms. The Morgan fingerprint density at radius 3 is 0.986 bits per heavy atom. The van der Waals surface area contributed by atoms with Crippen LogP contribution in [0.15, 0.2) is 241 Å². The number of rotatable bonds is 7. The summed E-state index contributed by atoms with van der Waals surface area (Å²) in [7, 11) is 0. The van der Waals surface area contributed by atoms with Crippen LogP contribution in [0.1, 0.15) is 0 Å². The van der Waals surface area contributed by atoms with E-state index in [0.29, 0.717) is 17.5 Å². The molecule has 6 nitrogen and oxygen atoms in total. The Hall–Kier alpha value is -9.39. The lowest BCUT2D eigenvalue weighted by Gasteiger charge is -2.11. The normalized spacial score (nSPS) is 11.8. The topological polar surface area (TPSA) is 61.7 Å². The van der Waals surface area contributed by atoms with Crippen molar-refractivity contribution in [1.82, 2.24) is 24.1 Å². The number of aromatic nitrogens is 5. The Morgan fingerprint density at radius 2 is 0.551 bits per heavy atom. The van der Waals surface area contributed by atoms with Crippen molar-refractivity contribution in [2.24, 2.45) is 0 Å². The second kappa shape index (κ2) is 15.6. The second-order valence-corrected chi connectivity index (χ2v) is 17.6. The fraction of sp³-hybridized carbons (Fsp3) is 0. The zero-order chi connectivity index (χ0) is 45.4. The van der Waals surface area contributed by atoms with Crippen LogP contribution >= 0.6 is 0 Å². The van der Waals surface area contributed by atoms with Crippen LogP contribution in [0.3, 0.4) is 0 Å². The quantitative estimate of drug-likeness (QED) is 0.160. The van der Waals surface area contributed by atoms with Crippen molar-refractivity contribution in [3.63, 3.8) is 0 Å². The van der Waals surface area contributed by atoms with Crippen molar-refractivity contribution in [3.8, 4) is 67.8 Å². The number of benzene rings is 10. The molecule has 0 aliphatic rings. The number of hydrogen-bond donors (Lipinski definition) is 0. The molecule has 0 aliphatic heterocycles. The van der Waals surface area contributed by atoms with E-state index in [9.17, 15) is 0 Å². The van der Waals surface area contributed by atoms with Crippen molar-refractivity contribution >= 4 is 65.6 Å². The minimum atomic E-state index is 0.605. The molecule has 10 aromatic carbocycles. The van der Waals surface area contributed by atoms with Crippen LogP contribution in [-0.2, 0) is 0 Å². The first-order valence-electron chi connectivity index (χ1n) is 23.3. The van der Waals surface area contributed by atoms with Gasteiger partial charge in [0.2, 0.25) is 0 Å². The molecule has 0 saturated heterocycles. The van der Waals surface area contributed by atoms with Crippen molar-refractivity contribution in [2.45, 2.75) is 0 Å². The summed E-state index contributed by atoms with van der Waals surface area (Å²) in [5, 5.41) is 6.76. The van der Waals surface area contributed by atoms with Gasteiger partial charge in [0, 0.05) is 60.4 Å². The predicted octanol–water partition coefficient (Wildman–Crippen LogP) is 16.3. The summed E-state index contributed by atoms with van der Waals surface area (Å²) in [5.41, 5.74) is 15.5. The standard InChI is InChI=1S/C63H39N5O/c1-4-14-40(15-5-1)42-24-26-45(27-25-42)62-64-61(44-18-8-3-9-19-44)65-63(66-62)46-30-34-48(35-31-46)68-56-23-13-11-21-50(56)52-37-39-54-53-38-36-51-49-20-10-12-22-55(49)67(57(51)59(53)69-60(54)58(52)68)47-32-28-43(29-33-47)41-16-6-2-7-17-41/h1-39H. The molecule has 0 amide bonds. The smallest absolute Gasteiger partial charge is 0.164 e. The zero-order valence-corrected chi connectivity index (χ0v) is 37.2. The minimum absolute atomic E-state index is 0.605. The molecule has 0 fully saturated rings. The highest BCUT2D eigenvalue weighted by molar-refractivity contribution is 6.26. The number of hydrogen-bond acceptors (Lipinski definition) is 4. The summed E-state index contributed by atoms with van der Waals surface area (Å²) >= 11 is 0. The van der Waals surface area contributed by atoms with E-state index in [1.54, 1.807) is 0 Å². The molecule has 4 aromatic heterocycles. The Morgan fingerprint density at radius 1 is 0.246 bits per heavy atom. The van der Waals surface area contributed by atoms with Gasteiger partial charge in [-0.3, -0.25) is 0 Å². The molecular formula is C63H39N5O. The van der Waals surface area contributed by atoms with Crippen LogP contribution in [0, 0.1) is 0 Å². The average molecular weight is 882 g/mol. The minimum Gasteiger partial charge on any atom is -0.452 e. The summed E-state index contributed by atoms with van der Waals surface area (Å²) < 4.78 is 12.0. The predicted molar refractivity (Wildman–Crippen MR) is 283 cm³/mol. The van der Waals surface area contributed by atoms with E-state index in [1.165, 1.54) is 16.5 Å². The highest BCUT2D eigenvalue weighted by Crippen LogP contribution is 2.44. The van der Waals surface area contributed by atoms with Crippen LogP contribution in [-0.4, -0.2) is 24.1 Å². The van der Waals surface area contributed by atoms with Gasteiger partial charge < -0.3 is 13.6 Å².